The minimum Gasteiger partial charge on any atom is -0.750 e. The number of hydrogen-bond donors (Lipinski definition) is 4. The van der Waals surface area contributed by atoms with E-state index in [1.165, 1.54) is 0 Å². The molecule has 0 fully saturated rings. The van der Waals surface area contributed by atoms with Crippen molar-refractivity contribution in [3.63, 3.8) is 0 Å². The number of rotatable bonds is 0. The Kier molecular flexibility index (Phi) is 65.3. The minimum absolute atomic E-state index is 0. The Bertz CT molecular complexity index is 164. The van der Waals surface area contributed by atoms with Gasteiger partial charge in [-0.25, -0.2) is 16.8 Å². The van der Waals surface area contributed by atoms with Gasteiger partial charge in [0.05, 0.1) is 45.4 Å². The van der Waals surface area contributed by atoms with E-state index in [9.17, 15) is 0 Å². The number of hydrogen-bond acceptors (Lipinski definition) is 8. The van der Waals surface area contributed by atoms with Crippen LogP contribution in [-0.2, 0) is 45.4 Å². The molecule has 4 unspecified atom stereocenters. The molecule has 0 heterocycles. The van der Waals surface area contributed by atoms with Crippen LogP contribution in [0.3, 0.4) is 0 Å². The van der Waals surface area contributed by atoms with Crippen molar-refractivity contribution >= 4 is 62.8 Å². The fourth-order valence-electron chi connectivity index (χ4n) is 0. The van der Waals surface area contributed by atoms with Crippen molar-refractivity contribution in [2.24, 2.45) is 0 Å². The summed E-state index contributed by atoms with van der Waals surface area (Å²) in [6.45, 7) is 0. The van der Waals surface area contributed by atoms with E-state index >= 15 is 0 Å². The summed E-state index contributed by atoms with van der Waals surface area (Å²) in [4.78, 5) is 0. The summed E-state index contributed by atoms with van der Waals surface area (Å²) in [5, 5.41) is 0. The molecule has 0 aliphatic rings. The van der Waals surface area contributed by atoms with E-state index in [4.69, 9.17) is 53.3 Å². The molecule has 4 atom stereocenters. The van der Waals surface area contributed by atoms with Crippen molar-refractivity contribution in [1.29, 1.82) is 0 Å². The van der Waals surface area contributed by atoms with E-state index in [2.05, 4.69) is 0 Å². The van der Waals surface area contributed by atoms with Gasteiger partial charge in [0.25, 0.3) is 0 Å². The van der Waals surface area contributed by atoms with Crippen molar-refractivity contribution in [1.82, 2.24) is 0 Å². The molecule has 0 amide bonds. The second-order valence-corrected chi connectivity index (χ2v) is 2.61. The predicted molar refractivity (Wildman–Crippen MR) is 51.9 cm³/mol. The van der Waals surface area contributed by atoms with E-state index in [-0.39, 0.29) is 68.7 Å². The third-order valence-electron chi connectivity index (χ3n) is 0. The first-order valence-electron chi connectivity index (χ1n) is 2.06. The Morgan fingerprint density at radius 1 is 0.556 bits per heavy atom. The fourth-order valence-corrected chi connectivity index (χ4v) is 0. The molecular weight excluding hydrogens is 386 g/mol. The van der Waals surface area contributed by atoms with Gasteiger partial charge in [0.1, 0.15) is 0 Å². The molecular formula is H4AlKO12S4. The van der Waals surface area contributed by atoms with Crippen molar-refractivity contribution in [2.45, 2.75) is 0 Å². The van der Waals surface area contributed by atoms with E-state index in [1.54, 1.807) is 0 Å². The summed E-state index contributed by atoms with van der Waals surface area (Å²) in [5.41, 5.74) is 0. The van der Waals surface area contributed by atoms with Crippen LogP contribution in [0.15, 0.2) is 0 Å². The molecule has 12 nitrogen and oxygen atoms in total. The molecule has 104 valence electrons. The summed E-state index contributed by atoms with van der Waals surface area (Å²) in [7, 11) is 0. The molecule has 0 aromatic rings. The zero-order valence-electron chi connectivity index (χ0n) is 8.27. The summed E-state index contributed by atoms with van der Waals surface area (Å²) in [6, 6.07) is 0. The molecule has 18 heteroatoms. The normalized spacial score (nSPS) is 13.8. The van der Waals surface area contributed by atoms with E-state index in [0.29, 0.717) is 0 Å². The maximum Gasteiger partial charge on any atom is 3.00 e. The van der Waals surface area contributed by atoms with Gasteiger partial charge in [0, 0.05) is 0 Å². The van der Waals surface area contributed by atoms with Gasteiger partial charge in [0.2, 0.25) is 0 Å². The van der Waals surface area contributed by atoms with Gasteiger partial charge >= 0.3 is 68.7 Å². The average Bonchev–Trinajstić information content (AvgIpc) is 1.76. The molecule has 4 N–H and O–H groups in total. The van der Waals surface area contributed by atoms with Gasteiger partial charge in [-0.15, -0.1) is 0 Å². The van der Waals surface area contributed by atoms with Gasteiger partial charge in [-0.05, 0) is 0 Å². The van der Waals surface area contributed by atoms with Crippen LogP contribution in [0.1, 0.15) is 0 Å². The third-order valence-corrected chi connectivity index (χ3v) is 0. The molecule has 18 heavy (non-hydrogen) atoms. The standard InChI is InChI=1S/Al.K.4H2O3S/c;;4*1-4(2)3/h;;4*(H2,1,2,3)/q+3;+1;;;;/p-4. The van der Waals surface area contributed by atoms with Crippen LogP contribution < -0.4 is 51.4 Å². The van der Waals surface area contributed by atoms with Gasteiger partial charge in [-0.3, -0.25) is 0 Å². The van der Waals surface area contributed by atoms with Gasteiger partial charge < -0.3 is 36.4 Å². The smallest absolute Gasteiger partial charge is 0.750 e. The van der Waals surface area contributed by atoms with Crippen LogP contribution in [0.2, 0.25) is 0 Å². The monoisotopic (exact) mass is 390 g/mol. The van der Waals surface area contributed by atoms with Crippen LogP contribution in [0, 0.1) is 0 Å². The fraction of sp³-hybridized carbons (Fsp3) is 0. The molecule has 0 spiro atoms. The Morgan fingerprint density at radius 2 is 0.556 bits per heavy atom. The molecule has 0 radical (unpaired) electrons. The van der Waals surface area contributed by atoms with Gasteiger partial charge in [-0.1, -0.05) is 0 Å². The Morgan fingerprint density at radius 3 is 0.556 bits per heavy atom. The molecule has 0 aliphatic heterocycles. The summed E-state index contributed by atoms with van der Waals surface area (Å²) >= 11 is -11.4. The van der Waals surface area contributed by atoms with Crippen molar-refractivity contribution in [3.8, 4) is 0 Å². The Balaban J connectivity index is -0.0000000257. The quantitative estimate of drug-likeness (QED) is 0.223. The van der Waals surface area contributed by atoms with Gasteiger partial charge in [0.15, 0.2) is 0 Å². The van der Waals surface area contributed by atoms with Crippen LogP contribution >= 0.6 is 0 Å². The van der Waals surface area contributed by atoms with Crippen molar-refractivity contribution in [3.05, 3.63) is 0 Å². The first kappa shape index (κ1) is 37.1. The van der Waals surface area contributed by atoms with E-state index < -0.39 is 45.4 Å². The maximum absolute atomic E-state index is 8.56. The second kappa shape index (κ2) is 31.7. The first-order valence-corrected chi connectivity index (χ1v) is 6.19. The topological polar surface area (TPSA) is 241 Å². The molecule has 0 aromatic heterocycles. The largest absolute Gasteiger partial charge is 3.00 e. The maximum atomic E-state index is 8.56. The summed E-state index contributed by atoms with van der Waals surface area (Å²) in [5.74, 6) is 0. The molecule has 0 aromatic carbocycles. The zero-order chi connectivity index (χ0) is 14.3. The molecule has 0 aliphatic carbocycles. The van der Waals surface area contributed by atoms with Gasteiger partial charge in [-0.2, -0.15) is 0 Å². The van der Waals surface area contributed by atoms with E-state index in [1.807, 2.05) is 0 Å². The summed E-state index contributed by atoms with van der Waals surface area (Å²) in [6.07, 6.45) is 0. The second-order valence-electron chi connectivity index (χ2n) is 0.868. The predicted octanol–water partition coefficient (Wildman–Crippen LogP) is -6.02. The average molecular weight is 390 g/mol. The first-order chi connectivity index (χ1) is 6.93. The minimum atomic E-state index is -2.86. The zero-order valence-corrected chi connectivity index (χ0v) is 15.8. The Labute approximate surface area is 165 Å². The SMILES string of the molecule is O=S([O-])O.O=S([O-])O.O=S([O-])O.O=S([O-])O.[Al+3].[K+]. The molecule has 0 rings (SSSR count). The summed E-state index contributed by atoms with van der Waals surface area (Å²) < 4.78 is 96.3. The van der Waals surface area contributed by atoms with Crippen molar-refractivity contribution in [2.75, 3.05) is 0 Å². The molecule has 0 bridgehead atoms. The van der Waals surface area contributed by atoms with Crippen LogP contribution in [0.4, 0.5) is 0 Å². The van der Waals surface area contributed by atoms with Crippen LogP contribution in [-0.4, -0.2) is 70.6 Å². The molecule has 0 saturated carbocycles. The van der Waals surface area contributed by atoms with E-state index in [0.717, 1.165) is 0 Å². The Hall–Kier alpha value is 2.45. The molecule has 0 saturated heterocycles. The third kappa shape index (κ3) is 937. The van der Waals surface area contributed by atoms with Crippen molar-refractivity contribution < 1.29 is 105 Å². The van der Waals surface area contributed by atoms with Crippen LogP contribution in [0.25, 0.3) is 0 Å². The van der Waals surface area contributed by atoms with Crippen LogP contribution in [0.5, 0.6) is 0 Å².